The van der Waals surface area contributed by atoms with Crippen molar-refractivity contribution in [3.8, 4) is 0 Å². The van der Waals surface area contributed by atoms with E-state index in [9.17, 15) is 22.4 Å². The summed E-state index contributed by atoms with van der Waals surface area (Å²) in [5.41, 5.74) is 0.196. The van der Waals surface area contributed by atoms with Crippen LogP contribution in [-0.2, 0) is 30.5 Å². The Morgan fingerprint density at radius 3 is 2.63 bits per heavy atom. The molecule has 1 atom stereocenters. The highest BCUT2D eigenvalue weighted by Crippen LogP contribution is 2.40. The molecule has 1 aromatic carbocycles. The van der Waals surface area contributed by atoms with E-state index in [1.54, 1.807) is 0 Å². The number of benzene rings is 1. The maximum atomic E-state index is 14.2. The second kappa shape index (κ2) is 11.7. The number of ether oxygens (including phenoxy) is 1. The van der Waals surface area contributed by atoms with Crippen LogP contribution in [0, 0.1) is 12.4 Å². The van der Waals surface area contributed by atoms with Crippen LogP contribution in [-0.4, -0.2) is 64.7 Å². The lowest BCUT2D eigenvalue weighted by molar-refractivity contribution is -0.139. The molecule has 2 aromatic heterocycles. The van der Waals surface area contributed by atoms with E-state index in [4.69, 9.17) is 22.9 Å². The number of hydrogen-bond acceptors (Lipinski definition) is 7. The predicted molar refractivity (Wildman–Crippen MR) is 142 cm³/mol. The molecule has 1 amide bonds. The van der Waals surface area contributed by atoms with Gasteiger partial charge in [0.1, 0.15) is 24.0 Å². The first-order valence-electron chi connectivity index (χ1n) is 12.7. The van der Waals surface area contributed by atoms with Crippen molar-refractivity contribution in [1.82, 2.24) is 19.9 Å². The van der Waals surface area contributed by atoms with E-state index in [0.717, 1.165) is 11.8 Å². The number of hydrogen-bond donors (Lipinski definition) is 0. The summed E-state index contributed by atoms with van der Waals surface area (Å²) in [7, 11) is 0. The molecular weight excluding hydrogens is 566 g/mol. The molecule has 4 heterocycles. The van der Waals surface area contributed by atoms with Gasteiger partial charge in [0.2, 0.25) is 11.8 Å². The van der Waals surface area contributed by atoms with E-state index in [2.05, 4.69) is 19.8 Å². The molecule has 1 saturated heterocycles. The van der Waals surface area contributed by atoms with Crippen LogP contribution >= 0.6 is 11.6 Å². The monoisotopic (exact) mass is 589 g/mol. The molecule has 2 aliphatic rings. The molecule has 0 saturated carbocycles. The Morgan fingerprint density at radius 2 is 1.90 bits per heavy atom. The van der Waals surface area contributed by atoms with E-state index in [0.29, 0.717) is 29.8 Å². The molecule has 14 heteroatoms. The van der Waals surface area contributed by atoms with Gasteiger partial charge in [-0.25, -0.2) is 25.7 Å². The largest absolute Gasteiger partial charge is 0.445 e. The molecule has 9 nitrogen and oxygen atoms in total. The summed E-state index contributed by atoms with van der Waals surface area (Å²) < 4.78 is 60.6. The standard InChI is InChI=1S/C27H24ClF4N7O2/c1-33-11-18-14-38(9-10-39(18)26(40)41-16-17-5-3-2-4-6-17)24-19-7-8-37(15-21(19)35-25(28)36-24)22-13-34-12-20(29)23(22)27(30,31)32/h2-6,12-13,18H,7-11,14-16H2/t18-/m0/s1. The van der Waals surface area contributed by atoms with Crippen LogP contribution in [0.15, 0.2) is 42.7 Å². The zero-order valence-corrected chi connectivity index (χ0v) is 22.4. The molecular formula is C27H24ClF4N7O2. The number of halogens is 5. The van der Waals surface area contributed by atoms with Crippen LogP contribution in [0.25, 0.3) is 4.85 Å². The second-order valence-corrected chi connectivity index (χ2v) is 9.94. The summed E-state index contributed by atoms with van der Waals surface area (Å²) in [5, 5.41) is -0.0968. The van der Waals surface area contributed by atoms with Crippen molar-refractivity contribution < 1.29 is 27.1 Å². The number of piperazine rings is 1. The number of aromatic nitrogens is 3. The number of pyridine rings is 1. The lowest BCUT2D eigenvalue weighted by atomic mass is 10.0. The Labute approximate surface area is 238 Å². The van der Waals surface area contributed by atoms with Crippen LogP contribution in [0.1, 0.15) is 22.4 Å². The third-order valence-electron chi connectivity index (χ3n) is 7.04. The highest BCUT2D eigenvalue weighted by Gasteiger charge is 2.40. The van der Waals surface area contributed by atoms with Crippen LogP contribution in [0.4, 0.5) is 33.9 Å². The highest BCUT2D eigenvalue weighted by molar-refractivity contribution is 6.28. The summed E-state index contributed by atoms with van der Waals surface area (Å²) in [4.78, 5) is 33.5. The van der Waals surface area contributed by atoms with Gasteiger partial charge in [-0.2, -0.15) is 13.2 Å². The smallest absolute Gasteiger partial charge is 0.421 e. The first-order chi connectivity index (χ1) is 19.7. The van der Waals surface area contributed by atoms with Crippen molar-refractivity contribution in [3.63, 3.8) is 0 Å². The minimum atomic E-state index is -4.91. The Morgan fingerprint density at radius 1 is 1.12 bits per heavy atom. The summed E-state index contributed by atoms with van der Waals surface area (Å²) in [6, 6.07) is 8.77. The molecule has 0 bridgehead atoms. The van der Waals surface area contributed by atoms with Gasteiger partial charge >= 0.3 is 12.3 Å². The van der Waals surface area contributed by atoms with Gasteiger partial charge in [-0.1, -0.05) is 30.3 Å². The van der Waals surface area contributed by atoms with Gasteiger partial charge in [0.05, 0.1) is 30.3 Å². The predicted octanol–water partition coefficient (Wildman–Crippen LogP) is 4.99. The number of anilines is 2. The second-order valence-electron chi connectivity index (χ2n) is 9.60. The van der Waals surface area contributed by atoms with Crippen molar-refractivity contribution in [1.29, 1.82) is 0 Å². The van der Waals surface area contributed by atoms with Gasteiger partial charge in [-0.15, -0.1) is 0 Å². The summed E-state index contributed by atoms with van der Waals surface area (Å²) in [5.74, 6) is -0.950. The van der Waals surface area contributed by atoms with E-state index < -0.39 is 29.7 Å². The zero-order chi connectivity index (χ0) is 29.1. The zero-order valence-electron chi connectivity index (χ0n) is 21.6. The van der Waals surface area contributed by atoms with Crippen molar-refractivity contribution in [3.05, 3.63) is 87.6 Å². The minimum Gasteiger partial charge on any atom is -0.445 e. The van der Waals surface area contributed by atoms with Crippen molar-refractivity contribution in [2.24, 2.45) is 0 Å². The molecule has 0 aliphatic carbocycles. The molecule has 5 rings (SSSR count). The minimum absolute atomic E-state index is 0.0402. The number of amides is 1. The van der Waals surface area contributed by atoms with Crippen molar-refractivity contribution in [2.45, 2.75) is 31.8 Å². The average Bonchev–Trinajstić information content (AvgIpc) is 2.95. The fourth-order valence-corrected chi connectivity index (χ4v) is 5.33. The fraction of sp³-hybridized carbons (Fsp3) is 0.370. The summed E-state index contributed by atoms with van der Waals surface area (Å²) >= 11 is 6.25. The number of carbonyl (C=O) groups excluding carboxylic acids is 1. The van der Waals surface area contributed by atoms with Crippen LogP contribution in [0.2, 0.25) is 5.28 Å². The number of nitrogens with zero attached hydrogens (tertiary/aromatic N) is 7. The van der Waals surface area contributed by atoms with Gasteiger partial charge in [-0.05, 0) is 23.6 Å². The molecule has 0 N–H and O–H groups in total. The molecule has 1 fully saturated rings. The third kappa shape index (κ3) is 6.12. The molecule has 0 spiro atoms. The van der Waals surface area contributed by atoms with Crippen molar-refractivity contribution in [2.75, 3.05) is 42.5 Å². The first-order valence-corrected chi connectivity index (χ1v) is 13.1. The first kappa shape index (κ1) is 28.4. The van der Waals surface area contributed by atoms with E-state index in [1.807, 2.05) is 35.2 Å². The molecule has 41 heavy (non-hydrogen) atoms. The Bertz CT molecular complexity index is 1470. The van der Waals surface area contributed by atoms with Gasteiger partial charge in [-0.3, -0.25) is 9.88 Å². The SMILES string of the molecule is [C-]#[N+]C[C@H]1CN(c2nc(Cl)nc3c2CCN(c2cncc(F)c2C(F)(F)F)C3)CCN1C(=O)OCc1ccccc1. The topological polar surface area (TPSA) is 79.1 Å². The molecule has 3 aromatic rings. The highest BCUT2D eigenvalue weighted by atomic mass is 35.5. The normalized spacial score (nSPS) is 17.2. The van der Waals surface area contributed by atoms with E-state index in [1.165, 1.54) is 9.80 Å². The molecule has 0 unspecified atom stereocenters. The van der Waals surface area contributed by atoms with E-state index in [-0.39, 0.29) is 56.7 Å². The Kier molecular flexibility index (Phi) is 8.12. The van der Waals surface area contributed by atoms with Crippen LogP contribution in [0.5, 0.6) is 0 Å². The van der Waals surface area contributed by atoms with Crippen LogP contribution < -0.4 is 9.80 Å². The van der Waals surface area contributed by atoms with Crippen LogP contribution in [0.3, 0.4) is 0 Å². The average molecular weight is 590 g/mol. The summed E-state index contributed by atoms with van der Waals surface area (Å²) in [6.45, 7) is 8.53. The Hall–Kier alpha value is -4.18. The number of rotatable bonds is 5. The third-order valence-corrected chi connectivity index (χ3v) is 7.21. The van der Waals surface area contributed by atoms with Gasteiger partial charge in [0.15, 0.2) is 5.82 Å². The van der Waals surface area contributed by atoms with E-state index >= 15 is 0 Å². The number of fused-ring (bicyclic) bond motifs is 1. The number of carbonyl (C=O) groups is 1. The van der Waals surface area contributed by atoms with Crippen molar-refractivity contribution >= 4 is 29.2 Å². The lowest BCUT2D eigenvalue weighted by Gasteiger charge is -2.40. The molecule has 2 aliphatic heterocycles. The molecule has 214 valence electrons. The Balaban J connectivity index is 1.35. The quantitative estimate of drug-likeness (QED) is 0.236. The summed E-state index contributed by atoms with van der Waals surface area (Å²) in [6.07, 6.45) is -3.63. The lowest BCUT2D eigenvalue weighted by Crippen LogP contribution is -2.57. The van der Waals surface area contributed by atoms with Gasteiger partial charge in [0.25, 0.3) is 0 Å². The van der Waals surface area contributed by atoms with Gasteiger partial charge < -0.3 is 19.4 Å². The maximum Gasteiger partial charge on any atom is 0.421 e. The number of alkyl halides is 3. The fourth-order valence-electron chi connectivity index (χ4n) is 5.15. The maximum absolute atomic E-state index is 14.2. The molecule has 0 radical (unpaired) electrons. The van der Waals surface area contributed by atoms with Gasteiger partial charge in [0, 0.05) is 31.7 Å².